The van der Waals surface area contributed by atoms with Gasteiger partial charge in [0.2, 0.25) is 0 Å². The number of hydrogen-bond acceptors (Lipinski definition) is 0. The molecule has 1 unspecified atom stereocenters. The third-order valence-electron chi connectivity index (χ3n) is 2.08. The van der Waals surface area contributed by atoms with E-state index in [1.165, 1.54) is 5.20 Å². The molecule has 0 fully saturated rings. The Morgan fingerprint density at radius 1 is 1.28 bits per heavy atom. The zero-order chi connectivity index (χ0) is 10.9. The molecule has 0 amide bonds. The van der Waals surface area contributed by atoms with Gasteiger partial charge >= 0.3 is 25.8 Å². The average Bonchev–Trinajstić information content (AvgIpc) is 2.92. The summed E-state index contributed by atoms with van der Waals surface area (Å²) < 4.78 is 0. The van der Waals surface area contributed by atoms with Crippen molar-refractivity contribution in [2.75, 3.05) is 0 Å². The van der Waals surface area contributed by atoms with Gasteiger partial charge in [-0.3, -0.25) is 12.2 Å². The molecule has 0 bridgehead atoms. The zero-order valence-corrected chi connectivity index (χ0v) is 16.7. The van der Waals surface area contributed by atoms with Gasteiger partial charge in [-0.15, -0.1) is 12.0 Å². The van der Waals surface area contributed by atoms with Crippen LogP contribution in [0, 0.1) is 12.2 Å². The minimum atomic E-state index is 0. The van der Waals surface area contributed by atoms with Crippen LogP contribution in [0.5, 0.6) is 0 Å². The molecular formula is C14H16Cl2HfSi. The molecule has 94 valence electrons. The Morgan fingerprint density at radius 3 is 2.33 bits per heavy atom. The van der Waals surface area contributed by atoms with E-state index in [1.807, 2.05) is 18.2 Å². The van der Waals surface area contributed by atoms with Gasteiger partial charge in [-0.1, -0.05) is 11.3 Å². The minimum Gasteiger partial charge on any atom is -1.00 e. The van der Waals surface area contributed by atoms with Gasteiger partial charge in [0.25, 0.3) is 0 Å². The predicted molar refractivity (Wildman–Crippen MR) is 67.5 cm³/mol. The summed E-state index contributed by atoms with van der Waals surface area (Å²) in [5, 5.41) is 1.47. The van der Waals surface area contributed by atoms with Crippen LogP contribution in [0.1, 0.15) is 20.3 Å². The average molecular weight is 462 g/mol. The third-order valence-corrected chi connectivity index (χ3v) is 3.49. The van der Waals surface area contributed by atoms with Gasteiger partial charge in [-0.05, 0) is 13.8 Å². The van der Waals surface area contributed by atoms with Crippen LogP contribution in [-0.4, -0.2) is 9.52 Å². The molecular weight excluding hydrogens is 446 g/mol. The van der Waals surface area contributed by atoms with Gasteiger partial charge in [0.15, 0.2) is 0 Å². The van der Waals surface area contributed by atoms with E-state index in [0.717, 1.165) is 15.9 Å². The standard InChI is InChI=1S/C9H11Si.C5H5.2ClH.Hf/c1-3-8(2)10-9-6-4-5-7-9;1-2-4-5-3-1;;;/h3-6,9H,1-2H3;1-3H,4H2;2*1H;/q2*-1;;;+4/p-2/b8-3+;;;;. The maximum atomic E-state index is 3.26. The fourth-order valence-corrected chi connectivity index (χ4v) is 2.18. The van der Waals surface area contributed by atoms with Crippen molar-refractivity contribution in [1.29, 1.82) is 0 Å². The molecule has 0 saturated carbocycles. The second kappa shape index (κ2) is 15.4. The monoisotopic (exact) mass is 462 g/mol. The van der Waals surface area contributed by atoms with Crippen molar-refractivity contribution in [3.05, 3.63) is 59.9 Å². The predicted octanol–water partition coefficient (Wildman–Crippen LogP) is -2.36. The van der Waals surface area contributed by atoms with Crippen molar-refractivity contribution in [2.45, 2.75) is 25.8 Å². The van der Waals surface area contributed by atoms with Gasteiger partial charge in [0.05, 0.1) is 9.52 Å². The Kier molecular flexibility index (Phi) is 20.1. The second-order valence-corrected chi connectivity index (χ2v) is 5.01. The molecule has 4 heteroatoms. The molecule has 0 heterocycles. The van der Waals surface area contributed by atoms with Crippen molar-refractivity contribution in [3.8, 4) is 0 Å². The van der Waals surface area contributed by atoms with Crippen LogP contribution in [-0.2, 0) is 25.8 Å². The van der Waals surface area contributed by atoms with Crippen molar-refractivity contribution in [3.63, 3.8) is 0 Å². The second-order valence-electron chi connectivity index (χ2n) is 3.31. The Bertz CT molecular complexity index is 309. The van der Waals surface area contributed by atoms with Gasteiger partial charge in [0, 0.05) is 0 Å². The van der Waals surface area contributed by atoms with Crippen LogP contribution in [0.25, 0.3) is 0 Å². The molecule has 2 aliphatic carbocycles. The molecule has 0 spiro atoms. The summed E-state index contributed by atoms with van der Waals surface area (Å²) in [5.41, 5.74) is 0.566. The molecule has 2 rings (SSSR count). The molecule has 0 N–H and O–H groups in total. The zero-order valence-electron chi connectivity index (χ0n) is 10.6. The topological polar surface area (TPSA) is 0 Å². The summed E-state index contributed by atoms with van der Waals surface area (Å²) in [7, 11) is 0.892. The van der Waals surface area contributed by atoms with E-state index in [4.69, 9.17) is 0 Å². The smallest absolute Gasteiger partial charge is 1.00 e. The van der Waals surface area contributed by atoms with E-state index in [2.05, 4.69) is 50.3 Å². The Balaban J connectivity index is -0.000000245. The first-order chi connectivity index (χ1) is 7.33. The number of allylic oxidation sites excluding steroid dienone is 10. The van der Waals surface area contributed by atoms with Crippen LogP contribution in [0.15, 0.2) is 47.7 Å². The molecule has 2 radical (unpaired) electrons. The number of hydrogen-bond donors (Lipinski definition) is 0. The van der Waals surface area contributed by atoms with Gasteiger partial charge in [-0.2, -0.15) is 12.2 Å². The first-order valence-electron chi connectivity index (χ1n) is 5.20. The fourth-order valence-electron chi connectivity index (χ4n) is 1.14. The van der Waals surface area contributed by atoms with Crippen LogP contribution < -0.4 is 24.8 Å². The van der Waals surface area contributed by atoms with Crippen molar-refractivity contribution < 1.29 is 50.7 Å². The molecule has 1 atom stereocenters. The van der Waals surface area contributed by atoms with E-state index in [-0.39, 0.29) is 50.7 Å². The fraction of sp³-hybridized carbons (Fsp3) is 0.286. The Hall–Kier alpha value is 0.367. The summed E-state index contributed by atoms with van der Waals surface area (Å²) in [5.74, 6) is 0. The molecule has 0 aromatic carbocycles. The van der Waals surface area contributed by atoms with Crippen LogP contribution >= 0.6 is 0 Å². The molecule has 0 aromatic rings. The van der Waals surface area contributed by atoms with Crippen molar-refractivity contribution in [2.24, 2.45) is 0 Å². The largest absolute Gasteiger partial charge is 4.00 e. The first kappa shape index (κ1) is 23.5. The van der Waals surface area contributed by atoms with E-state index in [1.54, 1.807) is 0 Å². The first-order valence-corrected chi connectivity index (χ1v) is 6.28. The summed E-state index contributed by atoms with van der Waals surface area (Å²) in [6.07, 6.45) is 21.7. The summed E-state index contributed by atoms with van der Waals surface area (Å²) in [6, 6.07) is 0. The van der Waals surface area contributed by atoms with E-state index < -0.39 is 0 Å². The van der Waals surface area contributed by atoms with Crippen LogP contribution in [0.3, 0.4) is 0 Å². The molecule has 2 aliphatic rings. The summed E-state index contributed by atoms with van der Waals surface area (Å²) in [6.45, 7) is 4.26. The SMILES string of the molecule is C/C=C(\C)[Si]C1[C-]=CC=C1.[C-]1=CC=CC1.[Cl-].[Cl-].[Hf+4]. The summed E-state index contributed by atoms with van der Waals surface area (Å²) in [4.78, 5) is 0. The third kappa shape index (κ3) is 11.5. The molecule has 0 aliphatic heterocycles. The molecule has 18 heavy (non-hydrogen) atoms. The van der Waals surface area contributed by atoms with Crippen LogP contribution in [0.2, 0.25) is 5.54 Å². The van der Waals surface area contributed by atoms with Crippen molar-refractivity contribution >= 4 is 9.52 Å². The number of rotatable bonds is 2. The molecule has 0 aromatic heterocycles. The normalized spacial score (nSPS) is 18.3. The Morgan fingerprint density at radius 2 is 2.00 bits per heavy atom. The van der Waals surface area contributed by atoms with E-state index in [0.29, 0.717) is 5.54 Å². The molecule has 0 saturated heterocycles. The summed E-state index contributed by atoms with van der Waals surface area (Å²) >= 11 is 0. The minimum absolute atomic E-state index is 0. The van der Waals surface area contributed by atoms with Crippen LogP contribution in [0.4, 0.5) is 0 Å². The van der Waals surface area contributed by atoms with Gasteiger partial charge < -0.3 is 24.8 Å². The maximum Gasteiger partial charge on any atom is 4.00 e. The Labute approximate surface area is 145 Å². The van der Waals surface area contributed by atoms with E-state index in [9.17, 15) is 0 Å². The molecule has 0 nitrogen and oxygen atoms in total. The van der Waals surface area contributed by atoms with Gasteiger partial charge in [0.1, 0.15) is 0 Å². The van der Waals surface area contributed by atoms with E-state index >= 15 is 0 Å². The van der Waals surface area contributed by atoms with Gasteiger partial charge in [-0.25, -0.2) is 24.3 Å². The van der Waals surface area contributed by atoms with Crippen molar-refractivity contribution in [1.82, 2.24) is 0 Å². The number of halogens is 2. The maximum absolute atomic E-state index is 3.26. The quantitative estimate of drug-likeness (QED) is 0.319.